The molecule has 34 heavy (non-hydrogen) atoms. The van der Waals surface area contributed by atoms with Crippen LogP contribution in [-0.4, -0.2) is 62.2 Å². The van der Waals surface area contributed by atoms with Gasteiger partial charge in [0.25, 0.3) is 5.90 Å². The van der Waals surface area contributed by atoms with E-state index in [1.807, 2.05) is 0 Å². The first-order valence-corrected chi connectivity index (χ1v) is 10.9. The van der Waals surface area contributed by atoms with Crippen LogP contribution in [0.5, 0.6) is 0 Å². The van der Waals surface area contributed by atoms with Crippen LogP contribution in [0, 0.1) is 17.6 Å². The number of hydrogen-bond donors (Lipinski definition) is 0. The van der Waals surface area contributed by atoms with Gasteiger partial charge in [-0.15, -0.1) is 5.10 Å². The Morgan fingerprint density at radius 3 is 2.50 bits per heavy atom. The molecule has 2 aromatic rings. The molecule has 0 spiro atoms. The van der Waals surface area contributed by atoms with Gasteiger partial charge in [0.15, 0.2) is 0 Å². The first-order valence-electron chi connectivity index (χ1n) is 10.9. The topological polar surface area (TPSA) is 48.4 Å². The van der Waals surface area contributed by atoms with Crippen molar-refractivity contribution in [1.29, 1.82) is 0 Å². The Kier molecular flexibility index (Phi) is 8.49. The zero-order chi connectivity index (χ0) is 24.8. The minimum atomic E-state index is -2.83. The number of nitrogens with zero attached hydrogens (tertiary/aromatic N) is 4. The molecule has 0 radical (unpaired) electrons. The normalized spacial score (nSPS) is 18.1. The maximum atomic E-state index is 14.5. The summed E-state index contributed by atoms with van der Waals surface area (Å²) in [6.45, 7) is 5.39. The number of anilines is 1. The van der Waals surface area contributed by atoms with Crippen LogP contribution in [-0.2, 0) is 16.1 Å². The largest absolute Gasteiger partial charge is 0.446 e. The molecule has 2 aliphatic heterocycles. The molecule has 0 aliphatic carbocycles. The van der Waals surface area contributed by atoms with E-state index < -0.39 is 24.4 Å². The van der Waals surface area contributed by atoms with Gasteiger partial charge >= 0.3 is 6.43 Å². The van der Waals surface area contributed by atoms with Crippen molar-refractivity contribution in [3.8, 4) is 0 Å². The van der Waals surface area contributed by atoms with Crippen LogP contribution in [0.1, 0.15) is 24.3 Å². The molecule has 1 saturated heterocycles. The Morgan fingerprint density at radius 2 is 1.94 bits per heavy atom. The first-order chi connectivity index (χ1) is 16.2. The minimum absolute atomic E-state index is 0.218. The fourth-order valence-electron chi connectivity index (χ4n) is 3.66. The molecule has 0 amide bonds. The molecule has 0 aromatic heterocycles. The van der Waals surface area contributed by atoms with Crippen molar-refractivity contribution >= 4 is 17.9 Å². The second-order valence-electron chi connectivity index (χ2n) is 8.22. The lowest BCUT2D eigenvalue weighted by molar-refractivity contribution is -0.115. The van der Waals surface area contributed by atoms with Gasteiger partial charge in [0.2, 0.25) is 6.23 Å². The SMILES string of the molecule is CCN1CC(C=O)C1.CN(Cc1ccc(C2OC(C(F)F)=NN2C)cc1F)c1cccc(F)c1. The predicted molar refractivity (Wildman–Crippen MR) is 122 cm³/mol. The average molecular weight is 481 g/mol. The van der Waals surface area contributed by atoms with Crippen LogP contribution >= 0.6 is 0 Å². The summed E-state index contributed by atoms with van der Waals surface area (Å²) in [5, 5.41) is 4.82. The Hall–Kier alpha value is -3.14. The maximum Gasteiger partial charge on any atom is 0.314 e. The average Bonchev–Trinajstić information content (AvgIpc) is 3.17. The Labute approximate surface area is 196 Å². The van der Waals surface area contributed by atoms with Crippen molar-refractivity contribution in [2.24, 2.45) is 11.0 Å². The number of halogens is 4. The summed E-state index contributed by atoms with van der Waals surface area (Å²) in [6, 6.07) is 10.4. The van der Waals surface area contributed by atoms with Gasteiger partial charge in [-0.05, 0) is 30.8 Å². The molecule has 1 fully saturated rings. The highest BCUT2D eigenvalue weighted by molar-refractivity contribution is 5.80. The molecule has 0 N–H and O–H groups in total. The summed E-state index contributed by atoms with van der Waals surface area (Å²) in [5.74, 6) is -1.22. The second kappa shape index (κ2) is 11.3. The van der Waals surface area contributed by atoms with Gasteiger partial charge < -0.3 is 19.3 Å². The highest BCUT2D eigenvalue weighted by atomic mass is 19.3. The number of hydrogen-bond acceptors (Lipinski definition) is 6. The molecule has 2 aromatic carbocycles. The molecule has 4 rings (SSSR count). The number of carbonyl (C=O) groups is 1. The quantitative estimate of drug-likeness (QED) is 0.438. The number of alkyl halides is 2. The molecule has 1 atom stereocenters. The molecular weight excluding hydrogens is 452 g/mol. The highest BCUT2D eigenvalue weighted by Gasteiger charge is 2.32. The van der Waals surface area contributed by atoms with E-state index in [0.717, 1.165) is 25.9 Å². The fourth-order valence-corrected chi connectivity index (χ4v) is 3.66. The van der Waals surface area contributed by atoms with Gasteiger partial charge in [-0.3, -0.25) is 5.01 Å². The Morgan fingerprint density at radius 1 is 1.21 bits per heavy atom. The lowest BCUT2D eigenvalue weighted by Crippen LogP contribution is -2.46. The number of benzene rings is 2. The van der Waals surface area contributed by atoms with Gasteiger partial charge in [-0.2, -0.15) is 8.78 Å². The zero-order valence-corrected chi connectivity index (χ0v) is 19.3. The van der Waals surface area contributed by atoms with Gasteiger partial charge in [-0.1, -0.05) is 25.1 Å². The van der Waals surface area contributed by atoms with E-state index >= 15 is 0 Å². The third-order valence-electron chi connectivity index (χ3n) is 5.66. The molecule has 0 bridgehead atoms. The number of aldehydes is 1. The van der Waals surface area contributed by atoms with Crippen molar-refractivity contribution in [2.75, 3.05) is 38.6 Å². The van der Waals surface area contributed by atoms with E-state index in [1.54, 1.807) is 36.2 Å². The lowest BCUT2D eigenvalue weighted by atomic mass is 10.0. The van der Waals surface area contributed by atoms with Crippen LogP contribution in [0.4, 0.5) is 23.2 Å². The van der Waals surface area contributed by atoms with E-state index in [0.29, 0.717) is 22.7 Å². The second-order valence-corrected chi connectivity index (χ2v) is 8.22. The Bertz CT molecular complexity index is 1010. The van der Waals surface area contributed by atoms with Gasteiger partial charge in [0, 0.05) is 56.5 Å². The molecule has 1 unspecified atom stereocenters. The summed E-state index contributed by atoms with van der Waals surface area (Å²) < 4.78 is 58.3. The lowest BCUT2D eigenvalue weighted by Gasteiger charge is -2.34. The molecule has 2 heterocycles. The van der Waals surface area contributed by atoms with Gasteiger partial charge in [0.05, 0.1) is 0 Å². The van der Waals surface area contributed by atoms with E-state index in [1.165, 1.54) is 30.3 Å². The van der Waals surface area contributed by atoms with Crippen LogP contribution in [0.3, 0.4) is 0 Å². The standard InChI is InChI=1S/C18H17F4N3O.C6H11NO/c1-24(14-5-3-4-13(19)9-14)10-12-7-6-11(8-15(12)20)18-25(2)23-17(26-18)16(21)22;1-2-7-3-6(4-7)5-8/h3-9,16,18H,10H2,1-2H3;5-6H,2-4H2,1H3. The van der Waals surface area contributed by atoms with Crippen LogP contribution in [0.2, 0.25) is 0 Å². The molecule has 6 nitrogen and oxygen atoms in total. The first kappa shape index (κ1) is 25.5. The number of hydrazone groups is 1. The van der Waals surface area contributed by atoms with Crippen molar-refractivity contribution in [3.05, 3.63) is 65.2 Å². The molecule has 2 aliphatic rings. The Balaban J connectivity index is 0.000000343. The monoisotopic (exact) mass is 480 g/mol. The van der Waals surface area contributed by atoms with E-state index in [-0.39, 0.29) is 12.4 Å². The third kappa shape index (κ3) is 6.25. The van der Waals surface area contributed by atoms with Gasteiger partial charge in [-0.25, -0.2) is 8.78 Å². The molecular formula is C24H28F4N4O2. The third-order valence-corrected chi connectivity index (χ3v) is 5.66. The number of likely N-dealkylation sites (tertiary alicyclic amines) is 1. The van der Waals surface area contributed by atoms with E-state index in [2.05, 4.69) is 16.9 Å². The van der Waals surface area contributed by atoms with Crippen molar-refractivity contribution in [2.45, 2.75) is 26.1 Å². The van der Waals surface area contributed by atoms with Crippen molar-refractivity contribution in [3.63, 3.8) is 0 Å². The van der Waals surface area contributed by atoms with Gasteiger partial charge in [0.1, 0.15) is 17.9 Å². The summed E-state index contributed by atoms with van der Waals surface area (Å²) in [7, 11) is 3.20. The fraction of sp³-hybridized carbons (Fsp3) is 0.417. The molecule has 184 valence electrons. The zero-order valence-electron chi connectivity index (χ0n) is 19.3. The number of rotatable bonds is 7. The van der Waals surface area contributed by atoms with Crippen molar-refractivity contribution in [1.82, 2.24) is 9.91 Å². The summed E-state index contributed by atoms with van der Waals surface area (Å²) in [5.41, 5.74) is 1.38. The van der Waals surface area contributed by atoms with Crippen LogP contribution < -0.4 is 4.90 Å². The summed E-state index contributed by atoms with van der Waals surface area (Å²) in [4.78, 5) is 14.0. The van der Waals surface area contributed by atoms with Crippen LogP contribution in [0.15, 0.2) is 47.6 Å². The highest BCUT2D eigenvalue weighted by Crippen LogP contribution is 2.29. The number of carbonyl (C=O) groups excluding carboxylic acids is 1. The maximum absolute atomic E-state index is 14.5. The minimum Gasteiger partial charge on any atom is -0.446 e. The number of ether oxygens (including phenoxy) is 1. The van der Waals surface area contributed by atoms with E-state index in [9.17, 15) is 22.4 Å². The van der Waals surface area contributed by atoms with Crippen LogP contribution in [0.25, 0.3) is 0 Å². The smallest absolute Gasteiger partial charge is 0.314 e. The van der Waals surface area contributed by atoms with E-state index in [4.69, 9.17) is 4.74 Å². The van der Waals surface area contributed by atoms with Crippen molar-refractivity contribution < 1.29 is 27.1 Å². The molecule has 0 saturated carbocycles. The summed E-state index contributed by atoms with van der Waals surface area (Å²) in [6.07, 6.45) is -2.68. The summed E-state index contributed by atoms with van der Waals surface area (Å²) >= 11 is 0. The predicted octanol–water partition coefficient (Wildman–Crippen LogP) is 4.28. The molecule has 10 heteroatoms.